The molecule has 0 aliphatic rings. The van der Waals surface area contributed by atoms with E-state index in [9.17, 15) is 0 Å². The van der Waals surface area contributed by atoms with E-state index >= 15 is 0 Å². The number of rotatable bonds is 7. The molecule has 102 valence electrons. The summed E-state index contributed by atoms with van der Waals surface area (Å²) in [5.41, 5.74) is 0. The number of benzene rings is 1. The fourth-order valence-electron chi connectivity index (χ4n) is 1.90. The summed E-state index contributed by atoms with van der Waals surface area (Å²) in [6.45, 7) is 3.19. The molecule has 1 aromatic carbocycles. The molecule has 0 aliphatic heterocycles. The number of hydrogen-bond acceptors (Lipinski definition) is 3. The molecule has 1 aromatic heterocycles. The first kappa shape index (κ1) is 15.1. The number of halogens is 1. The predicted octanol–water partition coefficient (Wildman–Crippen LogP) is 4.82. The van der Waals surface area contributed by atoms with Gasteiger partial charge < -0.3 is 5.32 Å². The fraction of sp³-hybridized carbons (Fsp3) is 0.333. The molecular formula is C15H18BrNS2. The predicted molar refractivity (Wildman–Crippen MR) is 90.4 cm³/mol. The Balaban J connectivity index is 1.89. The molecule has 0 bridgehead atoms. The zero-order valence-electron chi connectivity index (χ0n) is 10.9. The minimum absolute atomic E-state index is 0.528. The molecule has 1 atom stereocenters. The highest BCUT2D eigenvalue weighted by molar-refractivity contribution is 9.11. The van der Waals surface area contributed by atoms with Crippen LogP contribution in [-0.2, 0) is 6.42 Å². The first-order valence-electron chi connectivity index (χ1n) is 6.43. The van der Waals surface area contributed by atoms with E-state index in [1.54, 1.807) is 0 Å². The van der Waals surface area contributed by atoms with Crippen LogP contribution in [0.5, 0.6) is 0 Å². The quantitative estimate of drug-likeness (QED) is 0.714. The molecule has 4 heteroatoms. The SMILES string of the molecule is CCNC(CSc1ccccc1)Cc1ccc(Br)s1. The monoisotopic (exact) mass is 355 g/mol. The van der Waals surface area contributed by atoms with E-state index < -0.39 is 0 Å². The van der Waals surface area contributed by atoms with Gasteiger partial charge >= 0.3 is 0 Å². The van der Waals surface area contributed by atoms with Crippen LogP contribution in [0.25, 0.3) is 0 Å². The third kappa shape index (κ3) is 5.30. The second-order valence-electron chi connectivity index (χ2n) is 4.29. The molecule has 1 N–H and O–H groups in total. The second-order valence-corrected chi connectivity index (χ2v) is 7.93. The summed E-state index contributed by atoms with van der Waals surface area (Å²) in [4.78, 5) is 2.78. The molecule has 0 fully saturated rings. The lowest BCUT2D eigenvalue weighted by atomic mass is 10.2. The van der Waals surface area contributed by atoms with Gasteiger partial charge in [0.25, 0.3) is 0 Å². The summed E-state index contributed by atoms with van der Waals surface area (Å²) in [6, 6.07) is 15.5. The van der Waals surface area contributed by atoms with Crippen LogP contribution < -0.4 is 5.32 Å². The standard InChI is InChI=1S/C15H18BrNS2/c1-2-17-12(10-14-8-9-15(16)19-14)11-18-13-6-4-3-5-7-13/h3-9,12,17H,2,10-11H2,1H3. The van der Waals surface area contributed by atoms with Crippen molar-refractivity contribution in [2.75, 3.05) is 12.3 Å². The molecule has 1 nitrogen and oxygen atoms in total. The first-order valence-corrected chi connectivity index (χ1v) is 9.03. The molecule has 1 heterocycles. The van der Waals surface area contributed by atoms with Crippen LogP contribution in [0.15, 0.2) is 51.1 Å². The lowest BCUT2D eigenvalue weighted by Gasteiger charge is -2.16. The van der Waals surface area contributed by atoms with E-state index in [1.165, 1.54) is 13.6 Å². The maximum atomic E-state index is 3.58. The van der Waals surface area contributed by atoms with Gasteiger partial charge in [0.05, 0.1) is 3.79 Å². The van der Waals surface area contributed by atoms with Gasteiger partial charge in [-0.2, -0.15) is 0 Å². The van der Waals surface area contributed by atoms with Crippen molar-refractivity contribution >= 4 is 39.0 Å². The third-order valence-electron chi connectivity index (χ3n) is 2.76. The van der Waals surface area contributed by atoms with Crippen LogP contribution in [0.2, 0.25) is 0 Å². The highest BCUT2D eigenvalue weighted by Gasteiger charge is 2.10. The molecule has 0 saturated heterocycles. The number of likely N-dealkylation sites (N-methyl/N-ethyl adjacent to an activating group) is 1. The number of thiophene rings is 1. The summed E-state index contributed by atoms with van der Waals surface area (Å²) in [5.74, 6) is 1.10. The van der Waals surface area contributed by atoms with Crippen LogP contribution in [0, 0.1) is 0 Å². The van der Waals surface area contributed by atoms with Crippen molar-refractivity contribution in [1.82, 2.24) is 5.32 Å². The van der Waals surface area contributed by atoms with Gasteiger partial charge in [0.1, 0.15) is 0 Å². The molecule has 2 rings (SSSR count). The maximum absolute atomic E-state index is 3.58. The van der Waals surface area contributed by atoms with Crippen molar-refractivity contribution in [2.24, 2.45) is 0 Å². The van der Waals surface area contributed by atoms with E-state index in [0.29, 0.717) is 6.04 Å². The molecular weight excluding hydrogens is 338 g/mol. The zero-order valence-corrected chi connectivity index (χ0v) is 14.2. The van der Waals surface area contributed by atoms with Crippen molar-refractivity contribution in [2.45, 2.75) is 24.3 Å². The summed E-state index contributed by atoms with van der Waals surface area (Å²) in [7, 11) is 0. The summed E-state index contributed by atoms with van der Waals surface area (Å²) >= 11 is 7.29. The molecule has 0 radical (unpaired) electrons. The van der Waals surface area contributed by atoms with Crippen LogP contribution in [-0.4, -0.2) is 18.3 Å². The number of hydrogen-bond donors (Lipinski definition) is 1. The van der Waals surface area contributed by atoms with Gasteiger partial charge in [0.15, 0.2) is 0 Å². The van der Waals surface area contributed by atoms with Crippen molar-refractivity contribution in [3.63, 3.8) is 0 Å². The van der Waals surface area contributed by atoms with Gasteiger partial charge in [-0.1, -0.05) is 25.1 Å². The Kier molecular flexibility index (Phi) is 6.44. The zero-order chi connectivity index (χ0) is 13.5. The minimum Gasteiger partial charge on any atom is -0.313 e. The van der Waals surface area contributed by atoms with Crippen LogP contribution >= 0.6 is 39.0 Å². The largest absolute Gasteiger partial charge is 0.313 e. The van der Waals surface area contributed by atoms with Gasteiger partial charge in [-0.25, -0.2) is 0 Å². The normalized spacial score (nSPS) is 12.5. The molecule has 1 unspecified atom stereocenters. The fourth-order valence-corrected chi connectivity index (χ4v) is 4.44. The number of nitrogens with one attached hydrogen (secondary N) is 1. The van der Waals surface area contributed by atoms with Crippen molar-refractivity contribution in [1.29, 1.82) is 0 Å². The Labute approximate surface area is 131 Å². The molecule has 0 aliphatic carbocycles. The summed E-state index contributed by atoms with van der Waals surface area (Å²) < 4.78 is 1.22. The second kappa shape index (κ2) is 8.10. The topological polar surface area (TPSA) is 12.0 Å². The minimum atomic E-state index is 0.528. The van der Waals surface area contributed by atoms with Crippen molar-refractivity contribution in [3.8, 4) is 0 Å². The average Bonchev–Trinajstić information content (AvgIpc) is 2.83. The third-order valence-corrected chi connectivity index (χ3v) is 5.58. The van der Waals surface area contributed by atoms with Crippen LogP contribution in [0.3, 0.4) is 0 Å². The summed E-state index contributed by atoms with van der Waals surface area (Å²) in [5, 5.41) is 3.58. The highest BCUT2D eigenvalue weighted by Crippen LogP contribution is 2.25. The lowest BCUT2D eigenvalue weighted by Crippen LogP contribution is -2.32. The highest BCUT2D eigenvalue weighted by atomic mass is 79.9. The Morgan fingerprint density at radius 3 is 2.63 bits per heavy atom. The van der Waals surface area contributed by atoms with Crippen molar-refractivity contribution < 1.29 is 0 Å². The maximum Gasteiger partial charge on any atom is 0.0701 e. The Bertz CT molecular complexity index is 484. The van der Waals surface area contributed by atoms with E-state index in [0.717, 1.165) is 18.7 Å². The lowest BCUT2D eigenvalue weighted by molar-refractivity contribution is 0.576. The molecule has 2 aromatic rings. The van der Waals surface area contributed by atoms with Crippen molar-refractivity contribution in [3.05, 3.63) is 51.1 Å². The van der Waals surface area contributed by atoms with Gasteiger partial charge in [-0.05, 0) is 53.2 Å². The summed E-state index contributed by atoms with van der Waals surface area (Å²) in [6.07, 6.45) is 1.10. The Morgan fingerprint density at radius 2 is 2.00 bits per heavy atom. The van der Waals surface area contributed by atoms with Gasteiger partial charge in [0.2, 0.25) is 0 Å². The average molecular weight is 356 g/mol. The van der Waals surface area contributed by atoms with E-state index in [1.807, 2.05) is 23.1 Å². The number of thioether (sulfide) groups is 1. The molecule has 0 saturated carbocycles. The molecule has 0 amide bonds. The van der Waals surface area contributed by atoms with Crippen LogP contribution in [0.1, 0.15) is 11.8 Å². The molecule has 0 spiro atoms. The Morgan fingerprint density at radius 1 is 1.21 bits per heavy atom. The van der Waals surface area contributed by atoms with Crippen LogP contribution in [0.4, 0.5) is 0 Å². The smallest absolute Gasteiger partial charge is 0.0701 e. The molecule has 19 heavy (non-hydrogen) atoms. The van der Waals surface area contributed by atoms with Gasteiger partial charge in [-0.3, -0.25) is 0 Å². The van der Waals surface area contributed by atoms with E-state index in [4.69, 9.17) is 0 Å². The Hall–Kier alpha value is -0.290. The first-order chi connectivity index (χ1) is 9.28. The van der Waals surface area contributed by atoms with Gasteiger partial charge in [0, 0.05) is 21.6 Å². The van der Waals surface area contributed by atoms with E-state index in [-0.39, 0.29) is 0 Å². The van der Waals surface area contributed by atoms with E-state index in [2.05, 4.69) is 70.6 Å². The van der Waals surface area contributed by atoms with Gasteiger partial charge in [-0.15, -0.1) is 23.1 Å².